The SMILES string of the molecule is Cc1ccc(CCOCCC(=O)O)c(C)c1. The summed E-state index contributed by atoms with van der Waals surface area (Å²) in [5.74, 6) is -0.813. The summed E-state index contributed by atoms with van der Waals surface area (Å²) in [5, 5.41) is 8.42. The van der Waals surface area contributed by atoms with E-state index in [0.29, 0.717) is 13.2 Å². The first kappa shape index (κ1) is 12.7. The average Bonchev–Trinajstić information content (AvgIpc) is 2.20. The Kier molecular flexibility index (Phi) is 4.99. The number of hydrogen-bond acceptors (Lipinski definition) is 2. The van der Waals surface area contributed by atoms with E-state index < -0.39 is 5.97 Å². The number of ether oxygens (including phenoxy) is 1. The van der Waals surface area contributed by atoms with Crippen LogP contribution in [0.25, 0.3) is 0 Å². The fourth-order valence-electron chi connectivity index (χ4n) is 1.57. The summed E-state index contributed by atoms with van der Waals surface area (Å²) in [5.41, 5.74) is 3.79. The Morgan fingerprint density at radius 3 is 2.69 bits per heavy atom. The lowest BCUT2D eigenvalue weighted by Crippen LogP contribution is -2.05. The molecule has 1 N–H and O–H groups in total. The summed E-state index contributed by atoms with van der Waals surface area (Å²) in [7, 11) is 0. The third kappa shape index (κ3) is 4.45. The molecule has 0 fully saturated rings. The zero-order valence-corrected chi connectivity index (χ0v) is 9.82. The normalized spacial score (nSPS) is 10.4. The van der Waals surface area contributed by atoms with E-state index in [2.05, 4.69) is 32.0 Å². The van der Waals surface area contributed by atoms with Crippen LogP contribution in [0.4, 0.5) is 0 Å². The number of aryl methyl sites for hydroxylation is 2. The van der Waals surface area contributed by atoms with Crippen LogP contribution in [0.2, 0.25) is 0 Å². The van der Waals surface area contributed by atoms with Crippen molar-refractivity contribution in [3.63, 3.8) is 0 Å². The van der Waals surface area contributed by atoms with Crippen molar-refractivity contribution in [2.75, 3.05) is 13.2 Å². The second-order valence-corrected chi connectivity index (χ2v) is 3.94. The maximum Gasteiger partial charge on any atom is 0.305 e. The molecule has 0 aliphatic carbocycles. The van der Waals surface area contributed by atoms with E-state index in [1.165, 1.54) is 16.7 Å². The van der Waals surface area contributed by atoms with E-state index in [-0.39, 0.29) is 6.42 Å². The lowest BCUT2D eigenvalue weighted by atomic mass is 10.0. The molecule has 0 atom stereocenters. The van der Waals surface area contributed by atoms with Gasteiger partial charge in [-0.2, -0.15) is 0 Å². The van der Waals surface area contributed by atoms with E-state index in [9.17, 15) is 4.79 Å². The predicted octanol–water partition coefficient (Wildman–Crippen LogP) is 2.34. The summed E-state index contributed by atoms with van der Waals surface area (Å²) in [6.07, 6.45) is 0.915. The summed E-state index contributed by atoms with van der Waals surface area (Å²) in [6.45, 7) is 5.02. The molecule has 0 bridgehead atoms. The number of benzene rings is 1. The molecular weight excluding hydrogens is 204 g/mol. The third-order valence-electron chi connectivity index (χ3n) is 2.47. The number of carboxylic acids is 1. The van der Waals surface area contributed by atoms with Crippen LogP contribution >= 0.6 is 0 Å². The largest absolute Gasteiger partial charge is 0.481 e. The number of rotatable bonds is 6. The third-order valence-corrected chi connectivity index (χ3v) is 2.47. The minimum Gasteiger partial charge on any atom is -0.481 e. The Balaban J connectivity index is 2.29. The molecular formula is C13H18O3. The van der Waals surface area contributed by atoms with Gasteiger partial charge < -0.3 is 9.84 Å². The van der Waals surface area contributed by atoms with Gasteiger partial charge in [-0.1, -0.05) is 23.8 Å². The lowest BCUT2D eigenvalue weighted by Gasteiger charge is -2.07. The molecule has 0 unspecified atom stereocenters. The molecule has 0 spiro atoms. The van der Waals surface area contributed by atoms with E-state index in [1.54, 1.807) is 0 Å². The van der Waals surface area contributed by atoms with Gasteiger partial charge in [0.15, 0.2) is 0 Å². The number of aliphatic carboxylic acids is 1. The van der Waals surface area contributed by atoms with Crippen LogP contribution < -0.4 is 0 Å². The minimum atomic E-state index is -0.813. The van der Waals surface area contributed by atoms with Crippen LogP contribution in [0.5, 0.6) is 0 Å². The molecule has 3 nitrogen and oxygen atoms in total. The van der Waals surface area contributed by atoms with Crippen LogP contribution in [0.3, 0.4) is 0 Å². The molecule has 1 aromatic rings. The van der Waals surface area contributed by atoms with Gasteiger partial charge in [-0.3, -0.25) is 4.79 Å². The summed E-state index contributed by atoms with van der Waals surface area (Å²) < 4.78 is 5.25. The highest BCUT2D eigenvalue weighted by molar-refractivity contribution is 5.66. The summed E-state index contributed by atoms with van der Waals surface area (Å²) in [6, 6.07) is 6.33. The Morgan fingerprint density at radius 2 is 2.06 bits per heavy atom. The second kappa shape index (κ2) is 6.28. The quantitative estimate of drug-likeness (QED) is 0.751. The fourth-order valence-corrected chi connectivity index (χ4v) is 1.57. The molecule has 88 valence electrons. The molecule has 1 aromatic carbocycles. The molecule has 0 aliphatic rings. The summed E-state index contributed by atoms with van der Waals surface area (Å²) >= 11 is 0. The molecule has 16 heavy (non-hydrogen) atoms. The zero-order valence-electron chi connectivity index (χ0n) is 9.82. The highest BCUT2D eigenvalue weighted by atomic mass is 16.5. The van der Waals surface area contributed by atoms with Gasteiger partial charge in [0.05, 0.1) is 19.6 Å². The molecule has 0 heterocycles. The van der Waals surface area contributed by atoms with Crippen LogP contribution in [0.15, 0.2) is 18.2 Å². The zero-order chi connectivity index (χ0) is 12.0. The topological polar surface area (TPSA) is 46.5 Å². The van der Waals surface area contributed by atoms with Gasteiger partial charge in [0.2, 0.25) is 0 Å². The Labute approximate surface area is 96.1 Å². The lowest BCUT2D eigenvalue weighted by molar-refractivity contribution is -0.138. The van der Waals surface area contributed by atoms with Crippen molar-refractivity contribution in [1.82, 2.24) is 0 Å². The van der Waals surface area contributed by atoms with Gasteiger partial charge in [-0.15, -0.1) is 0 Å². The number of hydrogen-bond donors (Lipinski definition) is 1. The smallest absolute Gasteiger partial charge is 0.305 e. The van der Waals surface area contributed by atoms with Crippen molar-refractivity contribution in [2.24, 2.45) is 0 Å². The van der Waals surface area contributed by atoms with Gasteiger partial charge in [0.1, 0.15) is 0 Å². The predicted molar refractivity (Wildman–Crippen MR) is 62.7 cm³/mol. The molecule has 0 aromatic heterocycles. The summed E-state index contributed by atoms with van der Waals surface area (Å²) in [4.78, 5) is 10.2. The Bertz CT molecular complexity index is 358. The molecule has 3 heteroatoms. The Morgan fingerprint density at radius 1 is 1.31 bits per heavy atom. The molecule has 0 amide bonds. The maximum atomic E-state index is 10.2. The van der Waals surface area contributed by atoms with Gasteiger partial charge in [0, 0.05) is 0 Å². The van der Waals surface area contributed by atoms with Gasteiger partial charge >= 0.3 is 5.97 Å². The molecule has 0 saturated carbocycles. The van der Waals surface area contributed by atoms with Gasteiger partial charge in [-0.05, 0) is 31.4 Å². The highest BCUT2D eigenvalue weighted by Gasteiger charge is 2.00. The van der Waals surface area contributed by atoms with Crippen molar-refractivity contribution in [3.8, 4) is 0 Å². The molecule has 0 saturated heterocycles. The van der Waals surface area contributed by atoms with Crippen molar-refractivity contribution < 1.29 is 14.6 Å². The van der Waals surface area contributed by atoms with Crippen molar-refractivity contribution >= 4 is 5.97 Å². The average molecular weight is 222 g/mol. The standard InChI is InChI=1S/C13H18O3/c1-10-3-4-12(11(2)9-10)5-7-16-8-6-13(14)15/h3-4,9H,5-8H2,1-2H3,(H,14,15). The highest BCUT2D eigenvalue weighted by Crippen LogP contribution is 2.11. The van der Waals surface area contributed by atoms with E-state index in [0.717, 1.165) is 6.42 Å². The first-order valence-corrected chi connectivity index (χ1v) is 5.45. The van der Waals surface area contributed by atoms with Gasteiger partial charge in [0.25, 0.3) is 0 Å². The van der Waals surface area contributed by atoms with Crippen molar-refractivity contribution in [2.45, 2.75) is 26.7 Å². The van der Waals surface area contributed by atoms with Crippen molar-refractivity contribution in [1.29, 1.82) is 0 Å². The van der Waals surface area contributed by atoms with Crippen LogP contribution in [-0.2, 0) is 16.0 Å². The molecule has 0 radical (unpaired) electrons. The fraction of sp³-hybridized carbons (Fsp3) is 0.462. The molecule has 1 rings (SSSR count). The van der Waals surface area contributed by atoms with Crippen LogP contribution in [-0.4, -0.2) is 24.3 Å². The van der Waals surface area contributed by atoms with Crippen LogP contribution in [0, 0.1) is 13.8 Å². The first-order chi connectivity index (χ1) is 7.59. The maximum absolute atomic E-state index is 10.2. The van der Waals surface area contributed by atoms with Gasteiger partial charge in [-0.25, -0.2) is 0 Å². The van der Waals surface area contributed by atoms with E-state index in [4.69, 9.17) is 9.84 Å². The number of carboxylic acid groups (broad SMARTS) is 1. The van der Waals surface area contributed by atoms with E-state index >= 15 is 0 Å². The van der Waals surface area contributed by atoms with Crippen LogP contribution in [0.1, 0.15) is 23.1 Å². The van der Waals surface area contributed by atoms with E-state index in [1.807, 2.05) is 0 Å². The second-order valence-electron chi connectivity index (χ2n) is 3.94. The minimum absolute atomic E-state index is 0.0763. The molecule has 0 aliphatic heterocycles. The monoisotopic (exact) mass is 222 g/mol. The first-order valence-electron chi connectivity index (χ1n) is 5.45. The number of carbonyl (C=O) groups is 1. The Hall–Kier alpha value is -1.35. The van der Waals surface area contributed by atoms with Crippen molar-refractivity contribution in [3.05, 3.63) is 34.9 Å².